The number of aromatic nitrogens is 1. The first-order valence-corrected chi connectivity index (χ1v) is 10.4. The van der Waals surface area contributed by atoms with Crippen LogP contribution in [0.1, 0.15) is 12.0 Å². The van der Waals surface area contributed by atoms with Crippen LogP contribution in [-0.2, 0) is 7.05 Å². The molecule has 1 saturated heterocycles. The molecule has 164 valence electrons. The van der Waals surface area contributed by atoms with Crippen LogP contribution < -0.4 is 20.3 Å². The Morgan fingerprint density at radius 3 is 2.56 bits per heavy atom. The lowest BCUT2D eigenvalue weighted by molar-refractivity contribution is 0.256. The van der Waals surface area contributed by atoms with Gasteiger partial charge in [0.15, 0.2) is 5.75 Å². The van der Waals surface area contributed by atoms with Crippen molar-refractivity contribution in [1.82, 2.24) is 9.88 Å². The van der Waals surface area contributed by atoms with Gasteiger partial charge >= 0.3 is 0 Å². The van der Waals surface area contributed by atoms with Gasteiger partial charge in [-0.3, -0.25) is 4.79 Å². The number of halogens is 1. The Balaban J connectivity index is 1.85. The van der Waals surface area contributed by atoms with E-state index in [1.165, 1.54) is 16.7 Å². The van der Waals surface area contributed by atoms with Crippen molar-refractivity contribution in [2.45, 2.75) is 6.42 Å². The summed E-state index contributed by atoms with van der Waals surface area (Å²) in [6.45, 7) is 2.24. The van der Waals surface area contributed by atoms with E-state index in [-0.39, 0.29) is 16.9 Å². The molecule has 0 unspecified atom stereocenters. The van der Waals surface area contributed by atoms with Gasteiger partial charge in [0.1, 0.15) is 17.6 Å². The highest BCUT2D eigenvalue weighted by Gasteiger charge is 2.20. The van der Waals surface area contributed by atoms with Gasteiger partial charge in [-0.1, -0.05) is 6.07 Å². The Labute approximate surface area is 185 Å². The normalized spacial score (nSPS) is 15.4. The van der Waals surface area contributed by atoms with Gasteiger partial charge in [0.2, 0.25) is 0 Å². The van der Waals surface area contributed by atoms with E-state index in [0.717, 1.165) is 25.1 Å². The molecule has 0 spiro atoms. The number of nitrogens with zero attached hydrogens (tertiary/aromatic N) is 2. The largest absolute Gasteiger partial charge is 0.497 e. The Kier molecular flexibility index (Phi) is 6.24. The quantitative estimate of drug-likeness (QED) is 0.641. The summed E-state index contributed by atoms with van der Waals surface area (Å²) in [6.07, 6.45) is 0.998. The zero-order valence-electron chi connectivity index (χ0n) is 18.0. The molecule has 0 radical (unpaired) electrons. The fourth-order valence-electron chi connectivity index (χ4n) is 3.97. The summed E-state index contributed by atoms with van der Waals surface area (Å²) in [6, 6.07) is 15.3. The number of hydrogen-bond acceptors (Lipinski definition) is 5. The average molecular weight is 433 g/mol. The predicted octanol–water partition coefficient (Wildman–Crippen LogP) is 3.73. The highest BCUT2D eigenvalue weighted by Crippen LogP contribution is 2.34. The molecule has 0 amide bonds. The Morgan fingerprint density at radius 2 is 1.94 bits per heavy atom. The maximum atomic E-state index is 14.5. The maximum absolute atomic E-state index is 14.5. The van der Waals surface area contributed by atoms with E-state index in [9.17, 15) is 9.18 Å². The van der Waals surface area contributed by atoms with Gasteiger partial charge in [-0.05, 0) is 66.6 Å². The van der Waals surface area contributed by atoms with Gasteiger partial charge in [0, 0.05) is 25.1 Å². The van der Waals surface area contributed by atoms with E-state index in [2.05, 4.69) is 5.32 Å². The van der Waals surface area contributed by atoms with Crippen molar-refractivity contribution in [2.75, 3.05) is 26.8 Å². The lowest BCUT2D eigenvalue weighted by atomic mass is 9.97. The topological polar surface area (TPSA) is 76.3 Å². The molecule has 6 nitrogen and oxygen atoms in total. The van der Waals surface area contributed by atoms with Crippen LogP contribution in [0, 0.1) is 23.1 Å². The summed E-state index contributed by atoms with van der Waals surface area (Å²) in [7, 11) is 3.26. The SMILES string of the molecule is COc1ccc(-c2c(-c3ccc(C#N)c(F)c3)cc(OC[C@H]3CCNC3)c(=O)n2C)cc1. The van der Waals surface area contributed by atoms with Crippen LogP contribution in [0.2, 0.25) is 0 Å². The molecule has 1 N–H and O–H groups in total. The van der Waals surface area contributed by atoms with Crippen molar-refractivity contribution >= 4 is 0 Å². The summed E-state index contributed by atoms with van der Waals surface area (Å²) < 4.78 is 27.1. The predicted molar refractivity (Wildman–Crippen MR) is 120 cm³/mol. The van der Waals surface area contributed by atoms with Gasteiger partial charge in [0.05, 0.1) is 25.0 Å². The molecule has 1 atom stereocenters. The third-order valence-corrected chi connectivity index (χ3v) is 5.78. The molecule has 1 fully saturated rings. The second-order valence-electron chi connectivity index (χ2n) is 7.84. The summed E-state index contributed by atoms with van der Waals surface area (Å²) in [5.41, 5.74) is 2.29. The van der Waals surface area contributed by atoms with Crippen molar-refractivity contribution in [3.05, 3.63) is 70.3 Å². The first-order chi connectivity index (χ1) is 15.5. The monoisotopic (exact) mass is 433 g/mol. The van der Waals surface area contributed by atoms with Crippen molar-refractivity contribution in [1.29, 1.82) is 5.26 Å². The first-order valence-electron chi connectivity index (χ1n) is 10.4. The zero-order valence-corrected chi connectivity index (χ0v) is 18.0. The minimum Gasteiger partial charge on any atom is -0.497 e. The number of nitriles is 1. The molecule has 7 heteroatoms. The standard InChI is InChI=1S/C25H24FN3O3/c1-29-24(17-5-7-20(31-2)8-6-17)21(18-3-4-19(13-27)22(26)11-18)12-23(25(29)30)32-15-16-9-10-28-14-16/h3-8,11-12,16,28H,9-10,14-15H2,1-2H3/t16-/m0/s1. The number of rotatable bonds is 6. The zero-order chi connectivity index (χ0) is 22.7. The van der Waals surface area contributed by atoms with Gasteiger partial charge in [-0.2, -0.15) is 5.26 Å². The summed E-state index contributed by atoms with van der Waals surface area (Å²) in [5.74, 6) is 0.641. The van der Waals surface area contributed by atoms with Gasteiger partial charge < -0.3 is 19.4 Å². The van der Waals surface area contributed by atoms with Gasteiger partial charge in [-0.25, -0.2) is 4.39 Å². The molecule has 1 aromatic heterocycles. The number of pyridine rings is 1. The highest BCUT2D eigenvalue weighted by atomic mass is 19.1. The number of methoxy groups -OCH3 is 1. The van der Waals surface area contributed by atoms with Gasteiger partial charge in [0.25, 0.3) is 5.56 Å². The average Bonchev–Trinajstić information content (AvgIpc) is 3.33. The van der Waals surface area contributed by atoms with E-state index in [1.807, 2.05) is 18.2 Å². The number of benzene rings is 2. The fraction of sp³-hybridized carbons (Fsp3) is 0.280. The van der Waals surface area contributed by atoms with E-state index in [1.54, 1.807) is 38.4 Å². The van der Waals surface area contributed by atoms with Crippen LogP contribution in [-0.4, -0.2) is 31.4 Å². The van der Waals surface area contributed by atoms with Gasteiger partial charge in [-0.15, -0.1) is 0 Å². The van der Waals surface area contributed by atoms with Crippen molar-refractivity contribution in [3.8, 4) is 40.0 Å². The van der Waals surface area contributed by atoms with E-state index in [0.29, 0.717) is 35.1 Å². The molecule has 0 aliphatic carbocycles. The maximum Gasteiger partial charge on any atom is 0.293 e. The molecule has 2 aromatic carbocycles. The molecule has 0 saturated carbocycles. The second-order valence-corrected chi connectivity index (χ2v) is 7.84. The number of hydrogen-bond donors (Lipinski definition) is 1. The molecule has 4 rings (SSSR count). The third-order valence-electron chi connectivity index (χ3n) is 5.78. The van der Waals surface area contributed by atoms with Crippen LogP contribution in [0.4, 0.5) is 4.39 Å². The fourth-order valence-corrected chi connectivity index (χ4v) is 3.97. The van der Waals surface area contributed by atoms with Crippen molar-refractivity contribution in [3.63, 3.8) is 0 Å². The summed E-state index contributed by atoms with van der Waals surface area (Å²) in [4.78, 5) is 13.1. The number of ether oxygens (including phenoxy) is 2. The molecule has 3 aromatic rings. The molecule has 32 heavy (non-hydrogen) atoms. The molecule has 1 aliphatic rings. The minimum atomic E-state index is -0.612. The van der Waals surface area contributed by atoms with Crippen molar-refractivity contribution < 1.29 is 13.9 Å². The molecule has 1 aliphatic heterocycles. The smallest absolute Gasteiger partial charge is 0.293 e. The van der Waals surface area contributed by atoms with Crippen LogP contribution in [0.15, 0.2) is 53.3 Å². The highest BCUT2D eigenvalue weighted by molar-refractivity contribution is 5.82. The molecular formula is C25H24FN3O3. The Hall–Kier alpha value is -3.63. The lowest BCUT2D eigenvalue weighted by Crippen LogP contribution is -2.24. The van der Waals surface area contributed by atoms with E-state index < -0.39 is 5.82 Å². The van der Waals surface area contributed by atoms with E-state index >= 15 is 0 Å². The number of nitrogens with one attached hydrogen (secondary N) is 1. The molecule has 2 heterocycles. The molecular weight excluding hydrogens is 409 g/mol. The van der Waals surface area contributed by atoms with Crippen molar-refractivity contribution in [2.24, 2.45) is 13.0 Å². The third kappa shape index (κ3) is 4.23. The molecule has 0 bridgehead atoms. The summed E-state index contributed by atoms with van der Waals surface area (Å²) >= 11 is 0. The lowest BCUT2D eigenvalue weighted by Gasteiger charge is -2.18. The van der Waals surface area contributed by atoms with Crippen LogP contribution in [0.5, 0.6) is 11.5 Å². The summed E-state index contributed by atoms with van der Waals surface area (Å²) in [5, 5.41) is 12.4. The minimum absolute atomic E-state index is 0.0326. The Bertz CT molecular complexity index is 1220. The van der Waals surface area contributed by atoms with E-state index in [4.69, 9.17) is 14.7 Å². The Morgan fingerprint density at radius 1 is 1.19 bits per heavy atom. The first kappa shape index (κ1) is 21.6. The van der Waals surface area contributed by atoms with Crippen LogP contribution >= 0.6 is 0 Å². The van der Waals surface area contributed by atoms with Crippen LogP contribution in [0.25, 0.3) is 22.4 Å². The second kappa shape index (κ2) is 9.25. The van der Waals surface area contributed by atoms with Crippen LogP contribution in [0.3, 0.4) is 0 Å².